The van der Waals surface area contributed by atoms with Crippen LogP contribution in [-0.4, -0.2) is 66.8 Å². The number of amides is 2. The summed E-state index contributed by atoms with van der Waals surface area (Å²) in [5, 5.41) is 5.44. The number of thiazole rings is 1. The Balaban J connectivity index is 1.18. The molecule has 1 N–H and O–H groups in total. The third-order valence-electron chi connectivity index (χ3n) is 6.00. The molecule has 10 heteroatoms. The molecule has 3 atom stereocenters. The summed E-state index contributed by atoms with van der Waals surface area (Å²) in [5.74, 6) is 0.601. The number of hydrogen-bond acceptors (Lipinski definition) is 8. The summed E-state index contributed by atoms with van der Waals surface area (Å²) in [4.78, 5) is 34.0. The Morgan fingerprint density at radius 3 is 2.70 bits per heavy atom. The monoisotopic (exact) mass is 472 g/mol. The van der Waals surface area contributed by atoms with E-state index in [1.54, 1.807) is 17.0 Å². The number of carbonyl (C=O) groups is 2. The molecule has 0 aliphatic carbocycles. The third kappa shape index (κ3) is 4.97. The maximum atomic E-state index is 12.9. The highest BCUT2D eigenvalue weighted by Gasteiger charge is 2.36. The van der Waals surface area contributed by atoms with E-state index < -0.39 is 5.92 Å². The van der Waals surface area contributed by atoms with E-state index in [9.17, 15) is 9.59 Å². The van der Waals surface area contributed by atoms with Gasteiger partial charge < -0.3 is 24.4 Å². The Morgan fingerprint density at radius 1 is 1.15 bits per heavy atom. The molecule has 2 fully saturated rings. The lowest BCUT2D eigenvalue weighted by atomic mass is 10.1. The van der Waals surface area contributed by atoms with E-state index >= 15 is 0 Å². The molecule has 9 nitrogen and oxygen atoms in total. The molecule has 3 aliphatic rings. The van der Waals surface area contributed by atoms with Crippen LogP contribution in [-0.2, 0) is 20.9 Å². The van der Waals surface area contributed by atoms with E-state index in [0.29, 0.717) is 42.1 Å². The molecule has 2 aromatic rings. The van der Waals surface area contributed by atoms with Gasteiger partial charge >= 0.3 is 0 Å². The molecule has 176 valence electrons. The van der Waals surface area contributed by atoms with Crippen LogP contribution < -0.4 is 19.7 Å². The van der Waals surface area contributed by atoms with Crippen molar-refractivity contribution in [3.05, 3.63) is 29.3 Å². The zero-order chi connectivity index (χ0) is 22.9. The van der Waals surface area contributed by atoms with Crippen LogP contribution in [0.4, 0.5) is 10.8 Å². The van der Waals surface area contributed by atoms with Gasteiger partial charge in [0.05, 0.1) is 23.8 Å². The standard InChI is InChI=1S/C23H28N4O5S/c1-14-9-26(10-15(2)32-14)12-17-13-33-23(24-17)25-22(29)16-7-21(28)27(11-16)18-3-4-19-20(8-18)31-6-5-30-19/h3-4,8,13-16H,5-7,9-12H2,1-2H3,(H,24,25,29). The molecule has 4 heterocycles. The minimum atomic E-state index is -0.431. The lowest BCUT2D eigenvalue weighted by Gasteiger charge is -2.34. The van der Waals surface area contributed by atoms with Crippen LogP contribution in [0.25, 0.3) is 0 Å². The normalized spacial score (nSPS) is 25.3. The molecule has 5 rings (SSSR count). The van der Waals surface area contributed by atoms with Crippen molar-refractivity contribution in [3.8, 4) is 11.5 Å². The second-order valence-corrected chi connectivity index (χ2v) is 9.68. The predicted octanol–water partition coefficient (Wildman–Crippen LogP) is 2.52. The Bertz CT molecular complexity index is 1030. The van der Waals surface area contributed by atoms with Gasteiger partial charge in [0.25, 0.3) is 0 Å². The number of fused-ring (bicyclic) bond motifs is 1. The fourth-order valence-electron chi connectivity index (χ4n) is 4.62. The number of nitrogens with zero attached hydrogens (tertiary/aromatic N) is 3. The number of anilines is 2. The van der Waals surface area contributed by atoms with Crippen molar-refractivity contribution in [2.75, 3.05) is 43.1 Å². The number of aromatic nitrogens is 1. The molecule has 2 amide bonds. The van der Waals surface area contributed by atoms with Crippen LogP contribution in [0.3, 0.4) is 0 Å². The van der Waals surface area contributed by atoms with Gasteiger partial charge in [-0.15, -0.1) is 11.3 Å². The first kappa shape index (κ1) is 22.1. The summed E-state index contributed by atoms with van der Waals surface area (Å²) in [6.45, 7) is 7.93. The van der Waals surface area contributed by atoms with Crippen molar-refractivity contribution in [2.24, 2.45) is 5.92 Å². The minimum Gasteiger partial charge on any atom is -0.486 e. The second-order valence-electron chi connectivity index (χ2n) is 8.82. The van der Waals surface area contributed by atoms with Gasteiger partial charge in [-0.25, -0.2) is 4.98 Å². The largest absolute Gasteiger partial charge is 0.486 e. The lowest BCUT2D eigenvalue weighted by molar-refractivity contribution is -0.122. The highest BCUT2D eigenvalue weighted by Crippen LogP contribution is 2.36. The Hall–Kier alpha value is -2.69. The van der Waals surface area contributed by atoms with Gasteiger partial charge in [-0.05, 0) is 26.0 Å². The quantitative estimate of drug-likeness (QED) is 0.715. The van der Waals surface area contributed by atoms with Crippen LogP contribution in [0, 0.1) is 5.92 Å². The average molecular weight is 473 g/mol. The summed E-state index contributed by atoms with van der Waals surface area (Å²) < 4.78 is 17.0. The van der Waals surface area contributed by atoms with Gasteiger partial charge in [0.1, 0.15) is 13.2 Å². The smallest absolute Gasteiger partial charge is 0.231 e. The van der Waals surface area contributed by atoms with Crippen molar-refractivity contribution < 1.29 is 23.8 Å². The first-order chi connectivity index (χ1) is 15.9. The predicted molar refractivity (Wildman–Crippen MR) is 124 cm³/mol. The van der Waals surface area contributed by atoms with E-state index in [1.807, 2.05) is 11.4 Å². The van der Waals surface area contributed by atoms with Gasteiger partial charge in [-0.3, -0.25) is 14.5 Å². The van der Waals surface area contributed by atoms with E-state index in [4.69, 9.17) is 14.2 Å². The number of rotatable bonds is 5. The van der Waals surface area contributed by atoms with E-state index in [0.717, 1.165) is 25.3 Å². The number of hydrogen-bond donors (Lipinski definition) is 1. The van der Waals surface area contributed by atoms with E-state index in [-0.39, 0.29) is 30.4 Å². The highest BCUT2D eigenvalue weighted by atomic mass is 32.1. The molecular weight excluding hydrogens is 444 g/mol. The lowest BCUT2D eigenvalue weighted by Crippen LogP contribution is -2.44. The van der Waals surface area contributed by atoms with Crippen LogP contribution in [0.5, 0.6) is 11.5 Å². The van der Waals surface area contributed by atoms with Crippen molar-refractivity contribution in [3.63, 3.8) is 0 Å². The zero-order valence-corrected chi connectivity index (χ0v) is 19.6. The molecule has 2 saturated heterocycles. The topological polar surface area (TPSA) is 93.2 Å². The number of nitrogens with one attached hydrogen (secondary N) is 1. The maximum absolute atomic E-state index is 12.9. The van der Waals surface area contributed by atoms with Gasteiger partial charge in [0, 0.05) is 49.7 Å². The Labute approximate surface area is 196 Å². The van der Waals surface area contributed by atoms with Gasteiger partial charge in [0.2, 0.25) is 11.8 Å². The first-order valence-corrected chi connectivity index (χ1v) is 12.2. The van der Waals surface area contributed by atoms with Crippen LogP contribution in [0.1, 0.15) is 26.0 Å². The fraction of sp³-hybridized carbons (Fsp3) is 0.522. The molecule has 33 heavy (non-hydrogen) atoms. The summed E-state index contributed by atoms with van der Waals surface area (Å²) >= 11 is 1.41. The zero-order valence-electron chi connectivity index (χ0n) is 18.8. The first-order valence-electron chi connectivity index (χ1n) is 11.3. The van der Waals surface area contributed by atoms with Crippen molar-refractivity contribution in [1.29, 1.82) is 0 Å². The van der Waals surface area contributed by atoms with Gasteiger partial charge in [-0.1, -0.05) is 0 Å². The number of morpholine rings is 1. The molecular formula is C23H28N4O5S. The van der Waals surface area contributed by atoms with Crippen molar-refractivity contribution in [2.45, 2.75) is 39.0 Å². The summed E-state index contributed by atoms with van der Waals surface area (Å²) in [6, 6.07) is 5.43. The number of carbonyl (C=O) groups excluding carboxylic acids is 2. The number of benzene rings is 1. The molecule has 0 spiro atoms. The Morgan fingerprint density at radius 2 is 1.91 bits per heavy atom. The van der Waals surface area contributed by atoms with Crippen LogP contribution in [0.2, 0.25) is 0 Å². The molecule has 1 aromatic heterocycles. The minimum absolute atomic E-state index is 0.0813. The number of ether oxygens (including phenoxy) is 3. The molecule has 0 saturated carbocycles. The summed E-state index contributed by atoms with van der Waals surface area (Å²) in [5.41, 5.74) is 1.64. The highest BCUT2D eigenvalue weighted by molar-refractivity contribution is 7.13. The summed E-state index contributed by atoms with van der Waals surface area (Å²) in [7, 11) is 0. The molecule has 3 unspecified atom stereocenters. The maximum Gasteiger partial charge on any atom is 0.231 e. The molecule has 0 bridgehead atoms. The van der Waals surface area contributed by atoms with Crippen LogP contribution in [0.15, 0.2) is 23.6 Å². The van der Waals surface area contributed by atoms with Gasteiger partial charge in [0.15, 0.2) is 16.6 Å². The second kappa shape index (κ2) is 9.28. The molecule has 1 aromatic carbocycles. The SMILES string of the molecule is CC1CN(Cc2csc(NC(=O)C3CC(=O)N(c4ccc5c(c4)OCCO5)C3)n2)CC(C)O1. The van der Waals surface area contributed by atoms with Crippen LogP contribution >= 0.6 is 11.3 Å². The molecule has 3 aliphatic heterocycles. The van der Waals surface area contributed by atoms with Crippen molar-refractivity contribution >= 4 is 34.0 Å². The van der Waals surface area contributed by atoms with Gasteiger partial charge in [-0.2, -0.15) is 0 Å². The average Bonchev–Trinajstić information content (AvgIpc) is 3.39. The van der Waals surface area contributed by atoms with E-state index in [1.165, 1.54) is 11.3 Å². The fourth-order valence-corrected chi connectivity index (χ4v) is 5.32. The summed E-state index contributed by atoms with van der Waals surface area (Å²) in [6.07, 6.45) is 0.564. The third-order valence-corrected chi connectivity index (χ3v) is 6.80. The van der Waals surface area contributed by atoms with Crippen molar-refractivity contribution in [1.82, 2.24) is 9.88 Å². The molecule has 0 radical (unpaired) electrons. The Kier molecular flexibility index (Phi) is 6.22. The van der Waals surface area contributed by atoms with E-state index in [2.05, 4.69) is 29.0 Å².